The lowest BCUT2D eigenvalue weighted by Crippen LogP contribution is -2.49. The number of alkyl halides is 3. The number of rotatable bonds is 8. The Hall–Kier alpha value is -3.54. The summed E-state index contributed by atoms with van der Waals surface area (Å²) in [6.45, 7) is 2.87. The molecule has 1 aliphatic heterocycles. The molecule has 3 N–H and O–H groups in total. The molecule has 1 saturated heterocycles. The third-order valence-electron chi connectivity index (χ3n) is 5.10. The van der Waals surface area contributed by atoms with Crippen LogP contribution >= 0.6 is 0 Å². The second kappa shape index (κ2) is 10.4. The maximum atomic E-state index is 12.5. The molecule has 1 fully saturated rings. The molecule has 0 atom stereocenters. The van der Waals surface area contributed by atoms with E-state index in [2.05, 4.69) is 19.5 Å². The maximum absolute atomic E-state index is 12.5. The number of pyridine rings is 1. The van der Waals surface area contributed by atoms with Gasteiger partial charge in [-0.3, -0.25) is 14.6 Å². The molecule has 0 unspecified atom stereocenters. The van der Waals surface area contributed by atoms with Gasteiger partial charge in [0.05, 0.1) is 5.69 Å². The molecule has 33 heavy (non-hydrogen) atoms. The number of hydrogen-bond acceptors (Lipinski definition) is 6. The fraction of sp³-hybridized carbons (Fsp3) is 0.381. The number of hydrogen-bond donors (Lipinski definition) is 2. The van der Waals surface area contributed by atoms with E-state index in [0.29, 0.717) is 49.8 Å². The number of benzene rings is 1. The predicted octanol–water partition coefficient (Wildman–Crippen LogP) is 2.23. The van der Waals surface area contributed by atoms with E-state index in [1.165, 1.54) is 18.2 Å². The zero-order valence-electron chi connectivity index (χ0n) is 17.7. The Bertz CT molecular complexity index is 980. The number of carbonyl (C=O) groups is 2. The number of ether oxygens (including phenoxy) is 1. The molecular weight excluding hydrogens is 443 g/mol. The van der Waals surface area contributed by atoms with Gasteiger partial charge in [-0.15, -0.1) is 13.2 Å². The normalized spacial score (nSPS) is 14.7. The highest BCUT2D eigenvalue weighted by Gasteiger charge is 2.31. The highest BCUT2D eigenvalue weighted by molar-refractivity contribution is 5.80. The summed E-state index contributed by atoms with van der Waals surface area (Å²) in [6, 6.07) is 11.0. The first-order chi connectivity index (χ1) is 15.6. The van der Waals surface area contributed by atoms with Gasteiger partial charge in [-0.1, -0.05) is 18.2 Å². The van der Waals surface area contributed by atoms with Crippen molar-refractivity contribution in [3.8, 4) is 17.0 Å². The molecule has 12 heteroatoms. The van der Waals surface area contributed by atoms with E-state index in [9.17, 15) is 22.8 Å². The Morgan fingerprint density at radius 2 is 1.82 bits per heavy atom. The Morgan fingerprint density at radius 1 is 1.12 bits per heavy atom. The number of nitrogens with zero attached hydrogens (tertiary/aromatic N) is 4. The third kappa shape index (κ3) is 7.24. The second-order valence-electron chi connectivity index (χ2n) is 7.46. The number of primary amides is 1. The third-order valence-corrected chi connectivity index (χ3v) is 5.10. The molecule has 9 nitrogen and oxygen atoms in total. The van der Waals surface area contributed by atoms with Crippen LogP contribution in [0, 0.1) is 0 Å². The summed E-state index contributed by atoms with van der Waals surface area (Å²) in [4.78, 5) is 31.9. The van der Waals surface area contributed by atoms with Gasteiger partial charge in [-0.25, -0.2) is 9.78 Å². The zero-order chi connectivity index (χ0) is 24.0. The fourth-order valence-corrected chi connectivity index (χ4v) is 3.51. The summed E-state index contributed by atoms with van der Waals surface area (Å²) in [5.74, 6) is -0.327. The summed E-state index contributed by atoms with van der Waals surface area (Å²) in [5, 5.41) is 9.15. The van der Waals surface area contributed by atoms with Crippen LogP contribution in [0.15, 0.2) is 42.5 Å². The summed E-state index contributed by atoms with van der Waals surface area (Å²) in [6.07, 6.45) is -5.97. The van der Waals surface area contributed by atoms with Crippen LogP contribution < -0.4 is 15.4 Å². The molecule has 2 heterocycles. The highest BCUT2D eigenvalue weighted by atomic mass is 19.4. The average molecular weight is 467 g/mol. The summed E-state index contributed by atoms with van der Waals surface area (Å²) < 4.78 is 41.5. The van der Waals surface area contributed by atoms with E-state index in [4.69, 9.17) is 10.8 Å². The van der Waals surface area contributed by atoms with Crippen LogP contribution in [0.1, 0.15) is 0 Å². The molecule has 0 radical (unpaired) electrons. The summed E-state index contributed by atoms with van der Waals surface area (Å²) >= 11 is 0. The largest absolute Gasteiger partial charge is 0.573 e. The quantitative estimate of drug-likeness (QED) is 0.612. The van der Waals surface area contributed by atoms with Crippen LogP contribution in [-0.4, -0.2) is 84.1 Å². The van der Waals surface area contributed by atoms with Gasteiger partial charge < -0.3 is 20.5 Å². The first-order valence-electron chi connectivity index (χ1n) is 10.2. The van der Waals surface area contributed by atoms with Crippen molar-refractivity contribution in [2.75, 3.05) is 50.7 Å². The van der Waals surface area contributed by atoms with Crippen molar-refractivity contribution in [2.24, 2.45) is 5.73 Å². The van der Waals surface area contributed by atoms with Gasteiger partial charge in [0.2, 0.25) is 5.91 Å². The Morgan fingerprint density at radius 3 is 2.45 bits per heavy atom. The number of amides is 2. The number of nitrogens with two attached hydrogens (primary N) is 1. The number of aromatic nitrogens is 1. The number of halogens is 3. The van der Waals surface area contributed by atoms with E-state index < -0.39 is 18.4 Å². The first kappa shape index (κ1) is 24.1. The minimum absolute atomic E-state index is 0.169. The van der Waals surface area contributed by atoms with Crippen molar-refractivity contribution >= 4 is 17.8 Å². The van der Waals surface area contributed by atoms with Crippen LogP contribution in [0.4, 0.5) is 23.8 Å². The van der Waals surface area contributed by atoms with Gasteiger partial charge in [0, 0.05) is 44.8 Å². The number of carboxylic acid groups (broad SMARTS) is 1. The standard InChI is InChI=1S/C21H24F3N5O4/c22-21(23,24)33-16-4-1-3-15(13-16)17-5-2-6-19(26-17)28-10-7-27(8-11-28)9-12-29(20(31)32)14-18(25)30/h1-6,13H,7-12,14H2,(H2,25,30)(H,31,32). The lowest BCUT2D eigenvalue weighted by Gasteiger charge is -2.36. The van der Waals surface area contributed by atoms with Crippen LogP contribution in [0.3, 0.4) is 0 Å². The second-order valence-corrected chi connectivity index (χ2v) is 7.46. The van der Waals surface area contributed by atoms with Gasteiger partial charge in [0.25, 0.3) is 0 Å². The van der Waals surface area contributed by atoms with Crippen LogP contribution in [-0.2, 0) is 4.79 Å². The molecule has 1 aromatic carbocycles. The molecule has 0 saturated carbocycles. The van der Waals surface area contributed by atoms with Gasteiger partial charge >= 0.3 is 12.5 Å². The van der Waals surface area contributed by atoms with Crippen molar-refractivity contribution in [3.63, 3.8) is 0 Å². The van der Waals surface area contributed by atoms with E-state index in [1.807, 2.05) is 6.07 Å². The number of piperazine rings is 1. The van der Waals surface area contributed by atoms with E-state index in [1.54, 1.807) is 18.2 Å². The van der Waals surface area contributed by atoms with Gasteiger partial charge in [0.15, 0.2) is 0 Å². The van der Waals surface area contributed by atoms with Crippen molar-refractivity contribution in [1.29, 1.82) is 0 Å². The van der Waals surface area contributed by atoms with E-state index >= 15 is 0 Å². The topological polar surface area (TPSA) is 112 Å². The Labute approximate surface area is 188 Å². The van der Waals surface area contributed by atoms with Gasteiger partial charge in [-0.05, 0) is 24.3 Å². The molecule has 0 aliphatic carbocycles. The SMILES string of the molecule is NC(=O)CN(CCN1CCN(c2cccc(-c3cccc(OC(F)(F)F)c3)n2)CC1)C(=O)O. The maximum Gasteiger partial charge on any atom is 0.573 e. The van der Waals surface area contributed by atoms with Crippen LogP contribution in [0.2, 0.25) is 0 Å². The Kier molecular flexibility index (Phi) is 7.59. The molecule has 0 spiro atoms. The van der Waals surface area contributed by atoms with E-state index in [-0.39, 0.29) is 18.8 Å². The lowest BCUT2D eigenvalue weighted by atomic mass is 10.1. The minimum Gasteiger partial charge on any atom is -0.465 e. The highest BCUT2D eigenvalue weighted by Crippen LogP contribution is 2.28. The molecule has 1 aliphatic rings. The number of anilines is 1. The zero-order valence-corrected chi connectivity index (χ0v) is 17.7. The molecule has 0 bridgehead atoms. The Balaban J connectivity index is 1.59. The molecule has 2 aromatic rings. The fourth-order valence-electron chi connectivity index (χ4n) is 3.51. The minimum atomic E-state index is -4.77. The molecule has 2 amide bonds. The van der Waals surface area contributed by atoms with Gasteiger partial charge in [-0.2, -0.15) is 0 Å². The van der Waals surface area contributed by atoms with Crippen molar-refractivity contribution in [1.82, 2.24) is 14.8 Å². The molecule has 3 rings (SSSR count). The smallest absolute Gasteiger partial charge is 0.465 e. The molecular formula is C21H24F3N5O4. The van der Waals surface area contributed by atoms with Gasteiger partial charge in [0.1, 0.15) is 18.1 Å². The monoisotopic (exact) mass is 467 g/mol. The lowest BCUT2D eigenvalue weighted by molar-refractivity contribution is -0.274. The van der Waals surface area contributed by atoms with E-state index in [0.717, 1.165) is 4.90 Å². The molecule has 1 aromatic heterocycles. The van der Waals surface area contributed by atoms with Crippen LogP contribution in [0.25, 0.3) is 11.3 Å². The number of carbonyl (C=O) groups excluding carboxylic acids is 1. The summed E-state index contributed by atoms with van der Waals surface area (Å²) in [5.41, 5.74) is 6.10. The predicted molar refractivity (Wildman–Crippen MR) is 114 cm³/mol. The van der Waals surface area contributed by atoms with Crippen molar-refractivity contribution in [2.45, 2.75) is 6.36 Å². The average Bonchev–Trinajstić information content (AvgIpc) is 2.76. The first-order valence-corrected chi connectivity index (χ1v) is 10.2. The van der Waals surface area contributed by atoms with Crippen molar-refractivity contribution in [3.05, 3.63) is 42.5 Å². The summed E-state index contributed by atoms with van der Waals surface area (Å²) in [7, 11) is 0. The molecule has 178 valence electrons. The van der Waals surface area contributed by atoms with Crippen molar-refractivity contribution < 1.29 is 32.6 Å². The van der Waals surface area contributed by atoms with Crippen LogP contribution in [0.5, 0.6) is 5.75 Å².